The summed E-state index contributed by atoms with van der Waals surface area (Å²) >= 11 is 0. The highest BCUT2D eigenvalue weighted by atomic mass is 16.6. The molecule has 0 saturated carbocycles. The zero-order valence-electron chi connectivity index (χ0n) is 12.8. The first-order valence-electron chi connectivity index (χ1n) is 7.25. The molecule has 1 amide bonds. The molecule has 0 aliphatic carbocycles. The molecule has 0 bridgehead atoms. The van der Waals surface area contributed by atoms with E-state index < -0.39 is 22.3 Å². The largest absolute Gasteiger partial charge is 0.502 e. The third-order valence-corrected chi connectivity index (χ3v) is 3.38. The van der Waals surface area contributed by atoms with E-state index in [1.165, 1.54) is 18.3 Å². The Bertz CT molecular complexity index is 865. The number of amides is 1. The maximum absolute atomic E-state index is 12.1. The molecule has 2 N–H and O–H groups in total. The van der Waals surface area contributed by atoms with E-state index in [0.29, 0.717) is 35.8 Å². The van der Waals surface area contributed by atoms with Crippen molar-refractivity contribution >= 4 is 17.8 Å². The number of phenols is 1. The number of hydrazone groups is 1. The number of hydrogen-bond donors (Lipinski definition) is 2. The zero-order valence-corrected chi connectivity index (χ0v) is 12.8. The second-order valence-electron chi connectivity index (χ2n) is 5.06. The highest BCUT2D eigenvalue weighted by Crippen LogP contribution is 2.30. The van der Waals surface area contributed by atoms with Crippen LogP contribution in [0.1, 0.15) is 15.9 Å². The number of rotatable bonds is 4. The summed E-state index contributed by atoms with van der Waals surface area (Å²) in [5, 5.41) is 23.9. The van der Waals surface area contributed by atoms with Crippen LogP contribution in [0.3, 0.4) is 0 Å². The van der Waals surface area contributed by atoms with Gasteiger partial charge < -0.3 is 14.6 Å². The minimum atomic E-state index is -0.708. The van der Waals surface area contributed by atoms with Crippen LogP contribution in [0.5, 0.6) is 17.2 Å². The van der Waals surface area contributed by atoms with Crippen LogP contribution in [-0.4, -0.2) is 35.4 Å². The van der Waals surface area contributed by atoms with Gasteiger partial charge in [0, 0.05) is 17.2 Å². The Balaban J connectivity index is 1.69. The van der Waals surface area contributed by atoms with Crippen LogP contribution in [0, 0.1) is 10.1 Å². The van der Waals surface area contributed by atoms with E-state index in [9.17, 15) is 20.0 Å². The van der Waals surface area contributed by atoms with Gasteiger partial charge in [-0.05, 0) is 30.3 Å². The Morgan fingerprint density at radius 1 is 1.20 bits per heavy atom. The number of ether oxygens (including phenoxy) is 2. The highest BCUT2D eigenvalue weighted by Gasteiger charge is 2.15. The molecule has 9 heteroatoms. The van der Waals surface area contributed by atoms with Gasteiger partial charge in [0.05, 0.1) is 11.1 Å². The van der Waals surface area contributed by atoms with Gasteiger partial charge in [-0.2, -0.15) is 5.10 Å². The van der Waals surface area contributed by atoms with Crippen molar-refractivity contribution in [3.63, 3.8) is 0 Å². The molecular weight excluding hydrogens is 330 g/mol. The average Bonchev–Trinajstić information content (AvgIpc) is 2.62. The normalized spacial score (nSPS) is 12.8. The monoisotopic (exact) mass is 343 g/mol. The van der Waals surface area contributed by atoms with Crippen molar-refractivity contribution in [2.45, 2.75) is 0 Å². The van der Waals surface area contributed by atoms with Gasteiger partial charge in [-0.1, -0.05) is 0 Å². The summed E-state index contributed by atoms with van der Waals surface area (Å²) in [6.07, 6.45) is 1.24. The van der Waals surface area contributed by atoms with Crippen molar-refractivity contribution in [2.75, 3.05) is 13.2 Å². The Morgan fingerprint density at radius 2 is 1.96 bits per heavy atom. The Labute approximate surface area is 141 Å². The van der Waals surface area contributed by atoms with E-state index >= 15 is 0 Å². The van der Waals surface area contributed by atoms with Crippen LogP contribution in [0.2, 0.25) is 0 Å². The standard InChI is InChI=1S/C16H13N3O6/c20-13-3-1-10(7-12(13)19(22)23)9-17-18-16(21)11-2-4-14-15(8-11)25-6-5-24-14/h1-4,7-9,20H,5-6H2,(H,18,21)/b17-9-. The number of nitrogens with zero attached hydrogens (tertiary/aromatic N) is 2. The Kier molecular flexibility index (Phi) is 4.46. The molecule has 1 aliphatic rings. The number of phenolic OH excluding ortho intramolecular Hbond substituents is 1. The van der Waals surface area contributed by atoms with Gasteiger partial charge in [-0.25, -0.2) is 5.43 Å². The number of hydrogen-bond acceptors (Lipinski definition) is 7. The zero-order chi connectivity index (χ0) is 17.8. The van der Waals surface area contributed by atoms with Gasteiger partial charge in [0.25, 0.3) is 5.91 Å². The lowest BCUT2D eigenvalue weighted by Gasteiger charge is -2.18. The second-order valence-corrected chi connectivity index (χ2v) is 5.06. The second kappa shape index (κ2) is 6.87. The van der Waals surface area contributed by atoms with E-state index in [-0.39, 0.29) is 0 Å². The molecule has 0 spiro atoms. The van der Waals surface area contributed by atoms with E-state index in [1.54, 1.807) is 18.2 Å². The number of carbonyl (C=O) groups excluding carboxylic acids is 1. The lowest BCUT2D eigenvalue weighted by atomic mass is 10.2. The lowest BCUT2D eigenvalue weighted by Crippen LogP contribution is -2.19. The molecule has 1 heterocycles. The van der Waals surface area contributed by atoms with Crippen molar-refractivity contribution in [1.82, 2.24) is 5.43 Å². The third kappa shape index (κ3) is 3.66. The fourth-order valence-electron chi connectivity index (χ4n) is 2.18. The predicted octanol–water partition coefficient (Wildman–Crippen LogP) is 1.84. The molecular formula is C16H13N3O6. The number of nitrogens with one attached hydrogen (secondary N) is 1. The fourth-order valence-corrected chi connectivity index (χ4v) is 2.18. The summed E-state index contributed by atoms with van der Waals surface area (Å²) in [5.41, 5.74) is 2.56. The number of fused-ring (bicyclic) bond motifs is 1. The molecule has 0 radical (unpaired) electrons. The van der Waals surface area contributed by atoms with Gasteiger partial charge in [0.2, 0.25) is 0 Å². The summed E-state index contributed by atoms with van der Waals surface area (Å²) in [5.74, 6) is 0.142. The molecule has 0 atom stereocenters. The minimum absolute atomic E-state index is 0.332. The summed E-state index contributed by atoms with van der Waals surface area (Å²) in [7, 11) is 0. The van der Waals surface area contributed by atoms with Crippen LogP contribution in [0.25, 0.3) is 0 Å². The third-order valence-electron chi connectivity index (χ3n) is 3.38. The smallest absolute Gasteiger partial charge is 0.311 e. The SMILES string of the molecule is O=C(N/N=C\c1ccc(O)c([N+](=O)[O-])c1)c1ccc2c(c1)OCCO2. The molecule has 9 nitrogen and oxygen atoms in total. The molecule has 0 unspecified atom stereocenters. The topological polar surface area (TPSA) is 123 Å². The molecule has 1 aliphatic heterocycles. The van der Waals surface area contributed by atoms with E-state index in [0.717, 1.165) is 6.07 Å². The summed E-state index contributed by atoms with van der Waals surface area (Å²) in [6, 6.07) is 8.52. The van der Waals surface area contributed by atoms with Crippen molar-refractivity contribution in [1.29, 1.82) is 0 Å². The first-order valence-corrected chi connectivity index (χ1v) is 7.25. The Hall–Kier alpha value is -3.62. The quantitative estimate of drug-likeness (QED) is 0.496. The molecule has 3 rings (SSSR count). The van der Waals surface area contributed by atoms with Crippen molar-refractivity contribution < 1.29 is 24.3 Å². The first kappa shape index (κ1) is 16.2. The van der Waals surface area contributed by atoms with Crippen molar-refractivity contribution in [3.05, 3.63) is 57.6 Å². The van der Waals surface area contributed by atoms with Gasteiger partial charge in [-0.3, -0.25) is 14.9 Å². The number of carbonyl (C=O) groups is 1. The van der Waals surface area contributed by atoms with Crippen LogP contribution in [0.4, 0.5) is 5.69 Å². The van der Waals surface area contributed by atoms with E-state index in [4.69, 9.17) is 9.47 Å². The molecule has 128 valence electrons. The molecule has 0 fully saturated rings. The van der Waals surface area contributed by atoms with Gasteiger partial charge in [0.15, 0.2) is 17.2 Å². The fraction of sp³-hybridized carbons (Fsp3) is 0.125. The average molecular weight is 343 g/mol. The summed E-state index contributed by atoms with van der Waals surface area (Å²) in [4.78, 5) is 22.1. The molecule has 2 aromatic carbocycles. The van der Waals surface area contributed by atoms with Gasteiger partial charge in [0.1, 0.15) is 13.2 Å². The number of nitro benzene ring substituents is 1. The molecule has 0 saturated heterocycles. The first-order chi connectivity index (χ1) is 12.0. The highest BCUT2D eigenvalue weighted by molar-refractivity contribution is 5.95. The summed E-state index contributed by atoms with van der Waals surface area (Å²) in [6.45, 7) is 0.872. The Morgan fingerprint density at radius 3 is 2.72 bits per heavy atom. The summed E-state index contributed by atoms with van der Waals surface area (Å²) < 4.78 is 10.8. The number of nitro groups is 1. The van der Waals surface area contributed by atoms with E-state index in [1.807, 2.05) is 0 Å². The molecule has 2 aromatic rings. The predicted molar refractivity (Wildman–Crippen MR) is 87.3 cm³/mol. The lowest BCUT2D eigenvalue weighted by molar-refractivity contribution is -0.385. The van der Waals surface area contributed by atoms with Crippen LogP contribution >= 0.6 is 0 Å². The number of aromatic hydroxyl groups is 1. The molecule has 25 heavy (non-hydrogen) atoms. The van der Waals surface area contributed by atoms with Gasteiger partial charge >= 0.3 is 5.69 Å². The molecule has 0 aromatic heterocycles. The van der Waals surface area contributed by atoms with Crippen LogP contribution < -0.4 is 14.9 Å². The van der Waals surface area contributed by atoms with Crippen LogP contribution in [0.15, 0.2) is 41.5 Å². The van der Waals surface area contributed by atoms with Crippen molar-refractivity contribution in [3.8, 4) is 17.2 Å². The van der Waals surface area contributed by atoms with Crippen LogP contribution in [-0.2, 0) is 0 Å². The van der Waals surface area contributed by atoms with E-state index in [2.05, 4.69) is 10.5 Å². The maximum atomic E-state index is 12.1. The van der Waals surface area contributed by atoms with Gasteiger partial charge in [-0.15, -0.1) is 0 Å². The minimum Gasteiger partial charge on any atom is -0.502 e. The number of benzene rings is 2. The van der Waals surface area contributed by atoms with Crippen molar-refractivity contribution in [2.24, 2.45) is 5.10 Å². The maximum Gasteiger partial charge on any atom is 0.311 e.